The SMILES string of the molecule is CC1SCCN(c2cc(N)ccc2C(N)=O)C1C. The number of thioether (sulfide) groups is 1. The monoisotopic (exact) mass is 265 g/mol. The summed E-state index contributed by atoms with van der Waals surface area (Å²) in [5, 5.41) is 0.529. The molecule has 0 saturated carbocycles. The van der Waals surface area contributed by atoms with E-state index in [9.17, 15) is 4.79 Å². The van der Waals surface area contributed by atoms with E-state index in [0.29, 0.717) is 22.5 Å². The van der Waals surface area contributed by atoms with E-state index < -0.39 is 5.91 Å². The Balaban J connectivity index is 2.42. The third-order valence-corrected chi connectivity index (χ3v) is 4.82. The molecule has 1 saturated heterocycles. The Bertz CT molecular complexity index is 464. The molecule has 1 amide bonds. The van der Waals surface area contributed by atoms with Crippen LogP contribution < -0.4 is 16.4 Å². The van der Waals surface area contributed by atoms with Gasteiger partial charge in [0.15, 0.2) is 0 Å². The number of nitrogen functional groups attached to an aromatic ring is 1. The second-order valence-electron chi connectivity index (χ2n) is 4.65. The molecule has 2 unspecified atom stereocenters. The third-order valence-electron chi connectivity index (χ3n) is 3.48. The molecule has 1 aromatic rings. The average molecular weight is 265 g/mol. The lowest BCUT2D eigenvalue weighted by Crippen LogP contribution is -2.45. The first-order valence-corrected chi connectivity index (χ1v) is 7.13. The molecule has 1 aromatic carbocycles. The fourth-order valence-corrected chi connectivity index (χ4v) is 3.37. The first kappa shape index (κ1) is 13.1. The first-order chi connectivity index (χ1) is 8.50. The number of hydrogen-bond acceptors (Lipinski definition) is 4. The number of benzene rings is 1. The topological polar surface area (TPSA) is 72.3 Å². The number of hydrogen-bond donors (Lipinski definition) is 2. The van der Waals surface area contributed by atoms with E-state index in [1.165, 1.54) is 0 Å². The van der Waals surface area contributed by atoms with E-state index >= 15 is 0 Å². The van der Waals surface area contributed by atoms with E-state index in [4.69, 9.17) is 11.5 Å². The Morgan fingerprint density at radius 3 is 2.83 bits per heavy atom. The van der Waals surface area contributed by atoms with Crippen molar-refractivity contribution in [1.82, 2.24) is 0 Å². The zero-order chi connectivity index (χ0) is 13.3. The maximum Gasteiger partial charge on any atom is 0.250 e. The summed E-state index contributed by atoms with van der Waals surface area (Å²) >= 11 is 1.95. The number of carbonyl (C=O) groups is 1. The van der Waals surface area contributed by atoms with Crippen molar-refractivity contribution in [2.24, 2.45) is 5.73 Å². The van der Waals surface area contributed by atoms with E-state index in [0.717, 1.165) is 18.0 Å². The number of carbonyl (C=O) groups excluding carboxylic acids is 1. The quantitative estimate of drug-likeness (QED) is 0.798. The van der Waals surface area contributed by atoms with Crippen molar-refractivity contribution in [1.29, 1.82) is 0 Å². The van der Waals surface area contributed by atoms with Crippen LogP contribution in [0, 0.1) is 0 Å². The lowest BCUT2D eigenvalue weighted by Gasteiger charge is -2.40. The molecule has 0 aliphatic carbocycles. The van der Waals surface area contributed by atoms with E-state index in [2.05, 4.69) is 18.7 Å². The summed E-state index contributed by atoms with van der Waals surface area (Å²) in [4.78, 5) is 13.7. The van der Waals surface area contributed by atoms with Gasteiger partial charge in [-0.15, -0.1) is 0 Å². The van der Waals surface area contributed by atoms with Gasteiger partial charge in [0.05, 0.1) is 11.3 Å². The van der Waals surface area contributed by atoms with Crippen LogP contribution in [-0.4, -0.2) is 29.5 Å². The second-order valence-corrected chi connectivity index (χ2v) is 6.14. The van der Waals surface area contributed by atoms with Gasteiger partial charge in [0.25, 0.3) is 5.91 Å². The number of anilines is 2. The highest BCUT2D eigenvalue weighted by molar-refractivity contribution is 8.00. The lowest BCUT2D eigenvalue weighted by atomic mass is 10.1. The molecule has 0 radical (unpaired) electrons. The summed E-state index contributed by atoms with van der Waals surface area (Å²) in [6, 6.07) is 5.64. The van der Waals surface area contributed by atoms with Gasteiger partial charge in [0.1, 0.15) is 0 Å². The molecular formula is C13H19N3OS. The van der Waals surface area contributed by atoms with Crippen molar-refractivity contribution in [3.05, 3.63) is 23.8 Å². The number of nitrogens with two attached hydrogens (primary N) is 2. The van der Waals surface area contributed by atoms with Crippen molar-refractivity contribution in [2.75, 3.05) is 22.9 Å². The van der Waals surface area contributed by atoms with E-state index in [1.54, 1.807) is 12.1 Å². The fourth-order valence-electron chi connectivity index (χ4n) is 2.27. The first-order valence-electron chi connectivity index (χ1n) is 6.08. The van der Waals surface area contributed by atoms with Crippen molar-refractivity contribution in [3.63, 3.8) is 0 Å². The fraction of sp³-hybridized carbons (Fsp3) is 0.462. The predicted octanol–water partition coefficient (Wildman–Crippen LogP) is 1.70. The van der Waals surface area contributed by atoms with Gasteiger partial charge in [-0.1, -0.05) is 6.92 Å². The maximum absolute atomic E-state index is 11.5. The summed E-state index contributed by atoms with van der Waals surface area (Å²) in [5.41, 5.74) is 13.3. The zero-order valence-electron chi connectivity index (χ0n) is 10.7. The molecule has 5 heteroatoms. The molecule has 1 fully saturated rings. The van der Waals surface area contributed by atoms with Crippen LogP contribution in [0.2, 0.25) is 0 Å². The van der Waals surface area contributed by atoms with Gasteiger partial charge in [-0.25, -0.2) is 0 Å². The van der Waals surface area contributed by atoms with Gasteiger partial charge in [-0.05, 0) is 25.1 Å². The number of amides is 1. The van der Waals surface area contributed by atoms with Crippen LogP contribution >= 0.6 is 11.8 Å². The molecule has 18 heavy (non-hydrogen) atoms. The maximum atomic E-state index is 11.5. The molecule has 4 nitrogen and oxygen atoms in total. The number of rotatable bonds is 2. The molecular weight excluding hydrogens is 246 g/mol. The van der Waals surface area contributed by atoms with Crippen LogP contribution in [0.15, 0.2) is 18.2 Å². The van der Waals surface area contributed by atoms with E-state index in [1.807, 2.05) is 17.8 Å². The summed E-state index contributed by atoms with van der Waals surface area (Å²) in [6.45, 7) is 5.29. The molecule has 2 rings (SSSR count). The minimum Gasteiger partial charge on any atom is -0.399 e. The molecule has 0 bridgehead atoms. The van der Waals surface area contributed by atoms with Crippen molar-refractivity contribution >= 4 is 29.0 Å². The Morgan fingerprint density at radius 2 is 2.17 bits per heavy atom. The highest BCUT2D eigenvalue weighted by Gasteiger charge is 2.27. The highest BCUT2D eigenvalue weighted by atomic mass is 32.2. The summed E-state index contributed by atoms with van der Waals surface area (Å²) in [5.74, 6) is 0.654. The molecule has 1 aliphatic heterocycles. The average Bonchev–Trinajstić information content (AvgIpc) is 2.32. The molecule has 2 atom stereocenters. The Hall–Kier alpha value is -1.36. The zero-order valence-corrected chi connectivity index (χ0v) is 11.5. The normalized spacial score (nSPS) is 24.0. The Kier molecular flexibility index (Phi) is 3.71. The second kappa shape index (κ2) is 5.10. The molecule has 98 valence electrons. The van der Waals surface area contributed by atoms with Gasteiger partial charge in [-0.3, -0.25) is 4.79 Å². The van der Waals surface area contributed by atoms with Crippen LogP contribution in [0.4, 0.5) is 11.4 Å². The standard InChI is InChI=1S/C13H19N3OS/c1-8-9(2)18-6-5-16(8)12-7-10(14)3-4-11(12)13(15)17/h3-4,7-9H,5-6,14H2,1-2H3,(H2,15,17). The molecule has 4 N–H and O–H groups in total. The minimum absolute atomic E-state index is 0.364. The molecule has 1 aliphatic rings. The van der Waals surface area contributed by atoms with Crippen molar-refractivity contribution < 1.29 is 4.79 Å². The summed E-state index contributed by atoms with van der Waals surface area (Å²) in [7, 11) is 0. The van der Waals surface area contributed by atoms with Crippen molar-refractivity contribution in [3.8, 4) is 0 Å². The Labute approximate surface area is 112 Å². The van der Waals surface area contributed by atoms with Gasteiger partial charge in [0.2, 0.25) is 0 Å². The molecule has 0 spiro atoms. The largest absolute Gasteiger partial charge is 0.399 e. The van der Waals surface area contributed by atoms with E-state index in [-0.39, 0.29) is 0 Å². The number of nitrogens with zero attached hydrogens (tertiary/aromatic N) is 1. The van der Waals surface area contributed by atoms with Crippen LogP contribution in [0.25, 0.3) is 0 Å². The number of primary amides is 1. The predicted molar refractivity (Wildman–Crippen MR) is 78.1 cm³/mol. The van der Waals surface area contributed by atoms with Gasteiger partial charge in [0, 0.05) is 29.3 Å². The summed E-state index contributed by atoms with van der Waals surface area (Å²) < 4.78 is 0. The Morgan fingerprint density at radius 1 is 1.44 bits per heavy atom. The van der Waals surface area contributed by atoms with Crippen LogP contribution in [-0.2, 0) is 0 Å². The van der Waals surface area contributed by atoms with Crippen LogP contribution in [0.1, 0.15) is 24.2 Å². The van der Waals surface area contributed by atoms with Crippen LogP contribution in [0.5, 0.6) is 0 Å². The van der Waals surface area contributed by atoms with Crippen molar-refractivity contribution in [2.45, 2.75) is 25.1 Å². The smallest absolute Gasteiger partial charge is 0.250 e. The highest BCUT2D eigenvalue weighted by Crippen LogP contribution is 2.32. The van der Waals surface area contributed by atoms with Gasteiger partial charge >= 0.3 is 0 Å². The summed E-state index contributed by atoms with van der Waals surface area (Å²) in [6.07, 6.45) is 0. The minimum atomic E-state index is -0.400. The van der Waals surface area contributed by atoms with Gasteiger partial charge < -0.3 is 16.4 Å². The van der Waals surface area contributed by atoms with Crippen LogP contribution in [0.3, 0.4) is 0 Å². The molecule has 0 aromatic heterocycles. The van der Waals surface area contributed by atoms with Gasteiger partial charge in [-0.2, -0.15) is 11.8 Å². The molecule has 1 heterocycles. The third kappa shape index (κ3) is 2.41. The lowest BCUT2D eigenvalue weighted by molar-refractivity contribution is 0.100.